The number of aryl methyl sites for hydroxylation is 1. The third-order valence-corrected chi connectivity index (χ3v) is 6.10. The summed E-state index contributed by atoms with van der Waals surface area (Å²) < 4.78 is 6.23. The van der Waals surface area contributed by atoms with E-state index in [2.05, 4.69) is 0 Å². The second kappa shape index (κ2) is 8.06. The average molecular weight is 457 g/mol. The van der Waals surface area contributed by atoms with Crippen molar-refractivity contribution in [2.45, 2.75) is 6.92 Å². The molecule has 1 aromatic heterocycles. The Morgan fingerprint density at radius 3 is 2.70 bits per heavy atom. The van der Waals surface area contributed by atoms with Gasteiger partial charge < -0.3 is 4.42 Å². The standard InChI is InChI=1S/C21H13ClN2O4S2/c1-12-4-2-3-5-16(12)23-20(25)19(30-21(23)29)11-14-7-9-18(28-14)13-6-8-15(22)17(10-13)24(26)27/h2-11H,1H3/b19-11+. The van der Waals surface area contributed by atoms with Crippen molar-refractivity contribution >= 4 is 63.3 Å². The zero-order valence-corrected chi connectivity index (χ0v) is 17.9. The number of carbonyl (C=O) groups excluding carboxylic acids is 1. The number of furan rings is 1. The van der Waals surface area contributed by atoms with Crippen LogP contribution in [0.2, 0.25) is 5.02 Å². The molecule has 0 N–H and O–H groups in total. The number of thiocarbonyl (C=S) groups is 1. The van der Waals surface area contributed by atoms with E-state index in [-0.39, 0.29) is 16.6 Å². The molecule has 0 aliphatic carbocycles. The number of para-hydroxylation sites is 1. The van der Waals surface area contributed by atoms with Crippen LogP contribution in [-0.4, -0.2) is 15.2 Å². The van der Waals surface area contributed by atoms with Gasteiger partial charge in [0.05, 0.1) is 15.5 Å². The van der Waals surface area contributed by atoms with Gasteiger partial charge in [0, 0.05) is 17.7 Å². The number of halogens is 1. The van der Waals surface area contributed by atoms with E-state index in [0.29, 0.717) is 26.3 Å². The van der Waals surface area contributed by atoms with Gasteiger partial charge in [0.1, 0.15) is 16.5 Å². The lowest BCUT2D eigenvalue weighted by Gasteiger charge is -2.16. The lowest BCUT2D eigenvalue weighted by Crippen LogP contribution is -2.28. The summed E-state index contributed by atoms with van der Waals surface area (Å²) in [6, 6.07) is 15.3. The van der Waals surface area contributed by atoms with Gasteiger partial charge in [0.25, 0.3) is 11.6 Å². The van der Waals surface area contributed by atoms with Gasteiger partial charge in [-0.25, -0.2) is 0 Å². The fraction of sp³-hybridized carbons (Fsp3) is 0.0476. The van der Waals surface area contributed by atoms with Crippen molar-refractivity contribution in [1.29, 1.82) is 0 Å². The van der Waals surface area contributed by atoms with E-state index >= 15 is 0 Å². The normalized spacial score (nSPS) is 15.3. The Balaban J connectivity index is 1.63. The fourth-order valence-electron chi connectivity index (χ4n) is 3.01. The molecule has 150 valence electrons. The maximum Gasteiger partial charge on any atom is 0.288 e. The number of rotatable bonds is 4. The minimum Gasteiger partial charge on any atom is -0.457 e. The van der Waals surface area contributed by atoms with E-state index in [1.54, 1.807) is 24.3 Å². The molecular formula is C21H13ClN2O4S2. The zero-order chi connectivity index (χ0) is 21.4. The van der Waals surface area contributed by atoms with Crippen LogP contribution in [-0.2, 0) is 4.79 Å². The fourth-order valence-corrected chi connectivity index (χ4v) is 4.46. The Morgan fingerprint density at radius 1 is 1.20 bits per heavy atom. The van der Waals surface area contributed by atoms with Gasteiger partial charge in [0.15, 0.2) is 4.32 Å². The highest BCUT2D eigenvalue weighted by molar-refractivity contribution is 8.27. The van der Waals surface area contributed by atoms with Gasteiger partial charge in [0.2, 0.25) is 0 Å². The van der Waals surface area contributed by atoms with Gasteiger partial charge >= 0.3 is 0 Å². The first-order valence-corrected chi connectivity index (χ1v) is 10.3. The van der Waals surface area contributed by atoms with Crippen LogP contribution in [0.4, 0.5) is 11.4 Å². The minimum absolute atomic E-state index is 0.0513. The molecule has 0 saturated carbocycles. The summed E-state index contributed by atoms with van der Waals surface area (Å²) >= 11 is 12.5. The lowest BCUT2D eigenvalue weighted by atomic mass is 10.1. The van der Waals surface area contributed by atoms with E-state index in [4.69, 9.17) is 28.2 Å². The number of nitro groups is 1. The van der Waals surface area contributed by atoms with Crippen LogP contribution in [0.25, 0.3) is 17.4 Å². The number of nitro benzene ring substituents is 1. The predicted molar refractivity (Wildman–Crippen MR) is 123 cm³/mol. The van der Waals surface area contributed by atoms with E-state index in [0.717, 1.165) is 11.3 Å². The number of benzene rings is 2. The highest BCUT2D eigenvalue weighted by Crippen LogP contribution is 2.38. The van der Waals surface area contributed by atoms with Crippen LogP contribution >= 0.6 is 35.6 Å². The Labute approximate surface area is 186 Å². The monoisotopic (exact) mass is 456 g/mol. The topological polar surface area (TPSA) is 76.6 Å². The quantitative estimate of drug-likeness (QED) is 0.201. The van der Waals surface area contributed by atoms with Crippen molar-refractivity contribution < 1.29 is 14.1 Å². The van der Waals surface area contributed by atoms with E-state index < -0.39 is 4.92 Å². The summed E-state index contributed by atoms with van der Waals surface area (Å²) in [5.74, 6) is 0.641. The van der Waals surface area contributed by atoms with E-state index in [1.165, 1.54) is 28.8 Å². The first-order valence-electron chi connectivity index (χ1n) is 8.73. The number of hydrogen-bond acceptors (Lipinski definition) is 6. The number of nitrogens with zero attached hydrogens (tertiary/aromatic N) is 2. The molecule has 0 radical (unpaired) electrons. The second-order valence-electron chi connectivity index (χ2n) is 6.43. The molecule has 1 fully saturated rings. The number of anilines is 1. The number of thioether (sulfide) groups is 1. The van der Waals surface area contributed by atoms with Crippen LogP contribution in [0, 0.1) is 17.0 Å². The Bertz CT molecular complexity index is 1240. The molecule has 2 aromatic carbocycles. The van der Waals surface area contributed by atoms with Crippen molar-refractivity contribution in [3.8, 4) is 11.3 Å². The summed E-state index contributed by atoms with van der Waals surface area (Å²) in [6.07, 6.45) is 1.62. The summed E-state index contributed by atoms with van der Waals surface area (Å²) in [6.45, 7) is 1.92. The molecule has 2 heterocycles. The first-order chi connectivity index (χ1) is 14.3. The molecule has 0 bridgehead atoms. The third-order valence-electron chi connectivity index (χ3n) is 4.48. The maximum absolute atomic E-state index is 12.9. The van der Waals surface area contributed by atoms with Gasteiger partial charge in [-0.05, 0) is 42.8 Å². The largest absolute Gasteiger partial charge is 0.457 e. The molecule has 0 atom stereocenters. The lowest BCUT2D eigenvalue weighted by molar-refractivity contribution is -0.384. The van der Waals surface area contributed by atoms with Gasteiger partial charge in [-0.3, -0.25) is 19.8 Å². The predicted octanol–water partition coefficient (Wildman–Crippen LogP) is 6.22. The van der Waals surface area contributed by atoms with Crippen molar-refractivity contribution in [3.05, 3.63) is 86.0 Å². The highest BCUT2D eigenvalue weighted by atomic mass is 35.5. The molecule has 3 aromatic rings. The van der Waals surface area contributed by atoms with Crippen LogP contribution in [0.3, 0.4) is 0 Å². The van der Waals surface area contributed by atoms with Crippen molar-refractivity contribution in [2.24, 2.45) is 0 Å². The van der Waals surface area contributed by atoms with Gasteiger partial charge in [-0.1, -0.05) is 53.8 Å². The molecule has 1 saturated heterocycles. The maximum atomic E-state index is 12.9. The molecule has 30 heavy (non-hydrogen) atoms. The SMILES string of the molecule is Cc1ccccc1N1C(=O)/C(=C\c2ccc(-c3ccc(Cl)c([N+](=O)[O-])c3)o2)SC1=S. The van der Waals surface area contributed by atoms with Crippen LogP contribution in [0.5, 0.6) is 0 Å². The molecule has 9 heteroatoms. The summed E-state index contributed by atoms with van der Waals surface area (Å²) in [5.41, 5.74) is 2.00. The summed E-state index contributed by atoms with van der Waals surface area (Å²) in [5, 5.41) is 11.2. The van der Waals surface area contributed by atoms with Crippen molar-refractivity contribution in [2.75, 3.05) is 4.90 Å². The number of hydrogen-bond donors (Lipinski definition) is 0. The van der Waals surface area contributed by atoms with Crippen LogP contribution in [0.15, 0.2) is 63.9 Å². The third kappa shape index (κ3) is 3.77. The van der Waals surface area contributed by atoms with E-state index in [9.17, 15) is 14.9 Å². The smallest absolute Gasteiger partial charge is 0.288 e. The Morgan fingerprint density at radius 2 is 1.97 bits per heavy atom. The Kier molecular flexibility index (Phi) is 5.46. The van der Waals surface area contributed by atoms with Crippen molar-refractivity contribution in [3.63, 3.8) is 0 Å². The molecule has 1 aliphatic heterocycles. The number of amides is 1. The van der Waals surface area contributed by atoms with Gasteiger partial charge in [-0.2, -0.15) is 0 Å². The highest BCUT2D eigenvalue weighted by Gasteiger charge is 2.34. The molecule has 0 unspecified atom stereocenters. The minimum atomic E-state index is -0.549. The van der Waals surface area contributed by atoms with Crippen molar-refractivity contribution in [1.82, 2.24) is 0 Å². The Hall–Kier alpha value is -2.94. The molecule has 6 nitrogen and oxygen atoms in total. The molecule has 1 amide bonds. The summed E-state index contributed by atoms with van der Waals surface area (Å²) in [4.78, 5) is 25.4. The summed E-state index contributed by atoms with van der Waals surface area (Å²) in [7, 11) is 0. The zero-order valence-electron chi connectivity index (χ0n) is 15.5. The van der Waals surface area contributed by atoms with Crippen LogP contribution < -0.4 is 4.90 Å². The second-order valence-corrected chi connectivity index (χ2v) is 8.51. The van der Waals surface area contributed by atoms with Gasteiger partial charge in [-0.15, -0.1) is 0 Å². The molecule has 1 aliphatic rings. The molecular weight excluding hydrogens is 444 g/mol. The molecule has 0 spiro atoms. The average Bonchev–Trinajstić information content (AvgIpc) is 3.28. The molecule has 4 rings (SSSR count). The van der Waals surface area contributed by atoms with E-state index in [1.807, 2.05) is 31.2 Å². The van der Waals surface area contributed by atoms with Crippen LogP contribution in [0.1, 0.15) is 11.3 Å². The first kappa shape index (κ1) is 20.3. The number of carbonyl (C=O) groups is 1.